The molecule has 0 aliphatic rings. The van der Waals surface area contributed by atoms with Gasteiger partial charge in [0.05, 0.1) is 0 Å². The predicted molar refractivity (Wildman–Crippen MR) is 289 cm³/mol. The van der Waals surface area contributed by atoms with Gasteiger partial charge < -0.3 is 14.2 Å². The van der Waals surface area contributed by atoms with E-state index in [-0.39, 0.29) is 31.1 Å². The van der Waals surface area contributed by atoms with Crippen molar-refractivity contribution in [3.63, 3.8) is 0 Å². The molecule has 0 saturated heterocycles. The Morgan fingerprint density at radius 3 is 0.940 bits per heavy atom. The molecule has 1 atom stereocenters. The highest BCUT2D eigenvalue weighted by atomic mass is 16.6. The Labute approximate surface area is 416 Å². The van der Waals surface area contributed by atoms with Crippen molar-refractivity contribution in [3.05, 3.63) is 48.6 Å². The Kier molecular flexibility index (Phi) is 53.8. The lowest BCUT2D eigenvalue weighted by molar-refractivity contribution is -0.167. The summed E-state index contributed by atoms with van der Waals surface area (Å²) in [4.78, 5) is 38.1. The minimum atomic E-state index is -0.785. The highest BCUT2D eigenvalue weighted by molar-refractivity contribution is 5.71. The molecule has 1 unspecified atom stereocenters. The van der Waals surface area contributed by atoms with Crippen molar-refractivity contribution in [3.8, 4) is 0 Å². The zero-order valence-corrected chi connectivity index (χ0v) is 44.7. The number of allylic oxidation sites excluding steroid dienone is 8. The maximum atomic E-state index is 12.9. The van der Waals surface area contributed by atoms with Crippen molar-refractivity contribution in [2.24, 2.45) is 0 Å². The van der Waals surface area contributed by atoms with Crippen molar-refractivity contribution in [2.45, 2.75) is 309 Å². The number of unbranched alkanes of at least 4 members (excludes halogenated alkanes) is 34. The van der Waals surface area contributed by atoms with Crippen LogP contribution in [0.5, 0.6) is 0 Å². The molecule has 0 bridgehead atoms. The first-order chi connectivity index (χ1) is 33.0. The second-order valence-electron chi connectivity index (χ2n) is 19.5. The minimum absolute atomic E-state index is 0.0812. The molecule has 0 aromatic rings. The van der Waals surface area contributed by atoms with Crippen LogP contribution in [0.3, 0.4) is 0 Å². The molecular weight excluding hydrogens is 829 g/mol. The molecule has 6 heteroatoms. The number of hydrogen-bond donors (Lipinski definition) is 0. The maximum absolute atomic E-state index is 12.9. The molecule has 6 nitrogen and oxygen atoms in total. The molecule has 0 aromatic heterocycles. The predicted octanol–water partition coefficient (Wildman–Crippen LogP) is 19.4. The first-order valence-electron chi connectivity index (χ1n) is 29.1. The van der Waals surface area contributed by atoms with Crippen LogP contribution in [0.15, 0.2) is 48.6 Å². The van der Waals surface area contributed by atoms with E-state index in [1.165, 1.54) is 180 Å². The van der Waals surface area contributed by atoms with Gasteiger partial charge in [0.15, 0.2) is 6.10 Å². The highest BCUT2D eigenvalue weighted by Gasteiger charge is 2.19. The molecule has 0 spiro atoms. The van der Waals surface area contributed by atoms with E-state index in [0.717, 1.165) is 83.5 Å². The van der Waals surface area contributed by atoms with E-state index < -0.39 is 6.10 Å². The molecule has 0 N–H and O–H groups in total. The summed E-state index contributed by atoms with van der Waals surface area (Å²) in [7, 11) is 0. The third-order valence-corrected chi connectivity index (χ3v) is 12.8. The van der Waals surface area contributed by atoms with Crippen molar-refractivity contribution >= 4 is 17.9 Å². The first-order valence-corrected chi connectivity index (χ1v) is 29.1. The summed E-state index contributed by atoms with van der Waals surface area (Å²) < 4.78 is 16.8. The molecule has 0 fully saturated rings. The highest BCUT2D eigenvalue weighted by Crippen LogP contribution is 2.17. The molecular formula is C61H110O6. The number of carbonyl (C=O) groups is 3. The van der Waals surface area contributed by atoms with E-state index in [1.54, 1.807) is 0 Å². The Bertz CT molecular complexity index is 1170. The molecule has 67 heavy (non-hydrogen) atoms. The van der Waals surface area contributed by atoms with E-state index in [9.17, 15) is 14.4 Å². The Morgan fingerprint density at radius 1 is 0.313 bits per heavy atom. The van der Waals surface area contributed by atoms with Gasteiger partial charge in [0.2, 0.25) is 0 Å². The second kappa shape index (κ2) is 56.0. The summed E-state index contributed by atoms with van der Waals surface area (Å²) in [6.45, 7) is 6.53. The van der Waals surface area contributed by atoms with Crippen LogP contribution >= 0.6 is 0 Å². The lowest BCUT2D eigenvalue weighted by atomic mass is 10.0. The summed E-state index contributed by atoms with van der Waals surface area (Å²) in [5, 5.41) is 0. The molecule has 0 radical (unpaired) electrons. The number of hydrogen-bond acceptors (Lipinski definition) is 6. The normalized spacial score (nSPS) is 12.3. The summed E-state index contributed by atoms with van der Waals surface area (Å²) >= 11 is 0. The van der Waals surface area contributed by atoms with E-state index in [2.05, 4.69) is 69.4 Å². The van der Waals surface area contributed by atoms with Crippen LogP contribution < -0.4 is 0 Å². The molecule has 0 amide bonds. The molecule has 0 rings (SSSR count). The monoisotopic (exact) mass is 939 g/mol. The van der Waals surface area contributed by atoms with Gasteiger partial charge in [-0.1, -0.05) is 256 Å². The smallest absolute Gasteiger partial charge is 0.306 e. The fraction of sp³-hybridized carbons (Fsp3) is 0.820. The van der Waals surface area contributed by atoms with Gasteiger partial charge in [-0.2, -0.15) is 0 Å². The molecule has 0 saturated carbocycles. The van der Waals surface area contributed by atoms with Crippen molar-refractivity contribution in [2.75, 3.05) is 13.2 Å². The van der Waals surface area contributed by atoms with Crippen molar-refractivity contribution in [1.29, 1.82) is 0 Å². The van der Waals surface area contributed by atoms with Gasteiger partial charge in [0.1, 0.15) is 13.2 Å². The van der Waals surface area contributed by atoms with Gasteiger partial charge in [-0.15, -0.1) is 0 Å². The quantitative estimate of drug-likeness (QED) is 0.0262. The van der Waals surface area contributed by atoms with Gasteiger partial charge in [0.25, 0.3) is 0 Å². The lowest BCUT2D eigenvalue weighted by Gasteiger charge is -2.18. The molecule has 390 valence electrons. The summed E-state index contributed by atoms with van der Waals surface area (Å²) in [6.07, 6.45) is 68.2. The Morgan fingerprint density at radius 2 is 0.582 bits per heavy atom. The lowest BCUT2D eigenvalue weighted by Crippen LogP contribution is -2.30. The third-order valence-electron chi connectivity index (χ3n) is 12.8. The fourth-order valence-corrected chi connectivity index (χ4v) is 8.45. The van der Waals surface area contributed by atoms with Crippen LogP contribution in [-0.4, -0.2) is 37.2 Å². The van der Waals surface area contributed by atoms with Crippen LogP contribution in [0.1, 0.15) is 303 Å². The van der Waals surface area contributed by atoms with Gasteiger partial charge in [-0.25, -0.2) is 0 Å². The van der Waals surface area contributed by atoms with E-state index in [0.29, 0.717) is 19.3 Å². The largest absolute Gasteiger partial charge is 0.462 e. The summed E-state index contributed by atoms with van der Waals surface area (Å²) in [6, 6.07) is 0. The Balaban J connectivity index is 4.34. The van der Waals surface area contributed by atoms with Crippen molar-refractivity contribution in [1.82, 2.24) is 0 Å². The molecule has 0 aromatic carbocycles. The molecule has 0 aliphatic carbocycles. The van der Waals surface area contributed by atoms with Gasteiger partial charge >= 0.3 is 17.9 Å². The third kappa shape index (κ3) is 54.2. The average Bonchev–Trinajstić information content (AvgIpc) is 3.33. The number of ether oxygens (including phenoxy) is 3. The number of carbonyl (C=O) groups excluding carboxylic acids is 3. The van der Waals surface area contributed by atoms with E-state index in [1.807, 2.05) is 0 Å². The summed E-state index contributed by atoms with van der Waals surface area (Å²) in [5.41, 5.74) is 0. The number of rotatable bonds is 53. The second-order valence-corrected chi connectivity index (χ2v) is 19.5. The maximum Gasteiger partial charge on any atom is 0.306 e. The van der Waals surface area contributed by atoms with Crippen LogP contribution in [0.25, 0.3) is 0 Å². The average molecular weight is 940 g/mol. The molecule has 0 heterocycles. The van der Waals surface area contributed by atoms with Gasteiger partial charge in [0, 0.05) is 19.3 Å². The van der Waals surface area contributed by atoms with Gasteiger partial charge in [-0.05, 0) is 77.0 Å². The standard InChI is InChI=1S/C61H110O6/c1-4-7-10-13-16-19-22-25-27-29-30-32-33-36-39-42-45-48-51-54-60(63)66-57-58(56-65-59(62)53-50-47-44-41-38-35-24-21-18-15-12-9-6-3)67-61(64)55-52-49-46-43-40-37-34-31-28-26-23-20-17-14-11-8-5-2/h9,12,18,21,26,28,35,38,58H,4-8,10-11,13-17,19-20,22-25,27,29-34,36-37,39-57H2,1-3H3/b12-9-,21-18-,28-26-,38-35-. The first kappa shape index (κ1) is 64.4. The van der Waals surface area contributed by atoms with E-state index >= 15 is 0 Å². The topological polar surface area (TPSA) is 78.9 Å². The minimum Gasteiger partial charge on any atom is -0.462 e. The van der Waals surface area contributed by atoms with Crippen LogP contribution in [0.4, 0.5) is 0 Å². The van der Waals surface area contributed by atoms with Crippen LogP contribution in [0, 0.1) is 0 Å². The van der Waals surface area contributed by atoms with Crippen molar-refractivity contribution < 1.29 is 28.6 Å². The number of esters is 3. The SMILES string of the molecule is CC/C=C\C/C=C\C/C=C\CCCCCC(=O)OCC(COC(=O)CCCCCCCCCCCCCCCCCCCCC)OC(=O)CCCCCCCCC/C=C\CCCCCCCC. The fourth-order valence-electron chi connectivity index (χ4n) is 8.45. The zero-order chi connectivity index (χ0) is 48.6. The molecule has 0 aliphatic heterocycles. The van der Waals surface area contributed by atoms with Crippen LogP contribution in [-0.2, 0) is 28.6 Å². The van der Waals surface area contributed by atoms with Gasteiger partial charge in [-0.3, -0.25) is 14.4 Å². The summed E-state index contributed by atoms with van der Waals surface area (Å²) in [5.74, 6) is -0.901. The zero-order valence-electron chi connectivity index (χ0n) is 44.7. The van der Waals surface area contributed by atoms with Crippen LogP contribution in [0.2, 0.25) is 0 Å². The van der Waals surface area contributed by atoms with E-state index in [4.69, 9.17) is 14.2 Å². The Hall–Kier alpha value is -2.63.